The molecule has 0 aromatic heterocycles. The zero-order chi connectivity index (χ0) is 9.68. The van der Waals surface area contributed by atoms with E-state index >= 15 is 0 Å². The second-order valence-electron chi connectivity index (χ2n) is 2.29. The van der Waals surface area contributed by atoms with Crippen molar-refractivity contribution in [1.82, 2.24) is 5.32 Å². The maximum absolute atomic E-state index is 11.1. The molecule has 0 unspecified atom stereocenters. The third kappa shape index (κ3) is 3.78. The first-order valence-corrected chi connectivity index (χ1v) is 3.61. The van der Waals surface area contributed by atoms with Gasteiger partial charge in [-0.15, -0.1) is 0 Å². The Labute approximate surface area is 125 Å². The second-order valence-corrected chi connectivity index (χ2v) is 2.29. The van der Waals surface area contributed by atoms with Crippen molar-refractivity contribution in [3.8, 4) is 11.9 Å². The van der Waals surface area contributed by atoms with Crippen LogP contribution >= 0.6 is 0 Å². The number of hydrogen-bond acceptors (Lipinski definition) is 3. The van der Waals surface area contributed by atoms with Crippen LogP contribution in [0, 0.1) is 11.5 Å². The van der Waals surface area contributed by atoms with Gasteiger partial charge in [-0.1, -0.05) is 0 Å². The van der Waals surface area contributed by atoms with E-state index in [1.165, 1.54) is 0 Å². The van der Waals surface area contributed by atoms with Gasteiger partial charge in [0.05, 0.1) is 7.11 Å². The second kappa shape index (κ2) is 6.98. The summed E-state index contributed by atoms with van der Waals surface area (Å²) in [6.45, 7) is 0. The first-order chi connectivity index (χ1) is 6.27. The Bertz CT molecular complexity index is 343. The van der Waals surface area contributed by atoms with Crippen LogP contribution in [0.3, 0.4) is 0 Å². The summed E-state index contributed by atoms with van der Waals surface area (Å²) in [5, 5.41) is 10.2. The third-order valence-electron chi connectivity index (χ3n) is 1.52. The normalized spacial score (nSPS) is 8.00. The fourth-order valence-electron chi connectivity index (χ4n) is 0.865. The molecule has 0 fully saturated rings. The molecule has 0 aliphatic rings. The number of carbonyl (C=O) groups is 1. The molecule has 1 aromatic carbocycles. The van der Waals surface area contributed by atoms with E-state index in [1.54, 1.807) is 37.6 Å². The fraction of sp³-hybridized carbons (Fsp3) is 0.111. The zero-order valence-electron chi connectivity index (χ0n) is 7.07. The molecule has 0 saturated carbocycles. The van der Waals surface area contributed by atoms with Crippen molar-refractivity contribution in [1.29, 1.82) is 5.26 Å². The van der Waals surface area contributed by atoms with Crippen LogP contribution in [0.5, 0.6) is 5.75 Å². The minimum atomic E-state index is -0.412. The SMILES string of the molecule is COc1ccc(C(=O)NC#N)cc1.[KH]. The number of benzene rings is 1. The molecule has 1 N–H and O–H groups in total. The summed E-state index contributed by atoms with van der Waals surface area (Å²) in [7, 11) is 1.55. The molecule has 0 atom stereocenters. The molecule has 0 bridgehead atoms. The number of carbonyl (C=O) groups excluding carboxylic acids is 1. The van der Waals surface area contributed by atoms with E-state index in [4.69, 9.17) is 10.00 Å². The van der Waals surface area contributed by atoms with Gasteiger partial charge in [-0.3, -0.25) is 10.1 Å². The number of methoxy groups -OCH3 is 1. The molecule has 0 aliphatic carbocycles. The van der Waals surface area contributed by atoms with Crippen LogP contribution < -0.4 is 10.1 Å². The van der Waals surface area contributed by atoms with E-state index < -0.39 is 5.91 Å². The van der Waals surface area contributed by atoms with Gasteiger partial charge in [0.15, 0.2) is 6.19 Å². The van der Waals surface area contributed by atoms with Crippen LogP contribution in [0.15, 0.2) is 24.3 Å². The van der Waals surface area contributed by atoms with Gasteiger partial charge in [-0.05, 0) is 24.3 Å². The van der Waals surface area contributed by atoms with Crippen LogP contribution in [0.25, 0.3) is 0 Å². The van der Waals surface area contributed by atoms with Crippen LogP contribution in [-0.4, -0.2) is 64.4 Å². The Kier molecular flexibility index (Phi) is 6.79. The summed E-state index contributed by atoms with van der Waals surface area (Å²) in [6, 6.07) is 6.50. The third-order valence-corrected chi connectivity index (χ3v) is 1.52. The average Bonchev–Trinajstić information content (AvgIpc) is 2.18. The molecular weight excluding hydrogens is 207 g/mol. The maximum atomic E-state index is 11.1. The number of hydrogen-bond donors (Lipinski definition) is 1. The number of nitrogens with one attached hydrogen (secondary N) is 1. The van der Waals surface area contributed by atoms with Crippen LogP contribution in [0.4, 0.5) is 0 Å². The number of nitriles is 1. The van der Waals surface area contributed by atoms with E-state index in [1.807, 2.05) is 5.32 Å². The molecule has 1 aromatic rings. The summed E-state index contributed by atoms with van der Waals surface area (Å²) in [5.74, 6) is 0.263. The zero-order valence-corrected chi connectivity index (χ0v) is 7.07. The molecule has 0 saturated heterocycles. The summed E-state index contributed by atoms with van der Waals surface area (Å²) >= 11 is 0. The Balaban J connectivity index is 0.00000169. The summed E-state index contributed by atoms with van der Waals surface area (Å²) in [6.07, 6.45) is 1.56. The van der Waals surface area contributed by atoms with E-state index in [2.05, 4.69) is 0 Å². The van der Waals surface area contributed by atoms with Gasteiger partial charge >= 0.3 is 51.4 Å². The Morgan fingerprint density at radius 2 is 2.00 bits per heavy atom. The Morgan fingerprint density at radius 3 is 2.43 bits per heavy atom. The van der Waals surface area contributed by atoms with Crippen molar-refractivity contribution in [2.45, 2.75) is 0 Å². The summed E-state index contributed by atoms with van der Waals surface area (Å²) < 4.78 is 4.91. The number of rotatable bonds is 2. The van der Waals surface area contributed by atoms with Crippen molar-refractivity contribution in [2.75, 3.05) is 7.11 Å². The fourth-order valence-corrected chi connectivity index (χ4v) is 0.865. The van der Waals surface area contributed by atoms with E-state index in [-0.39, 0.29) is 51.4 Å². The Hall–Kier alpha value is -0.384. The van der Waals surface area contributed by atoms with Crippen molar-refractivity contribution in [3.63, 3.8) is 0 Å². The molecular formula is C9H9KN2O2. The molecule has 0 heterocycles. The van der Waals surface area contributed by atoms with Crippen molar-refractivity contribution >= 4 is 57.3 Å². The molecule has 68 valence electrons. The number of nitrogens with zero attached hydrogens (tertiary/aromatic N) is 1. The average molecular weight is 216 g/mol. The van der Waals surface area contributed by atoms with E-state index in [0.717, 1.165) is 0 Å². The first-order valence-electron chi connectivity index (χ1n) is 3.61. The quantitative estimate of drug-likeness (QED) is 0.438. The minimum absolute atomic E-state index is 0. The van der Waals surface area contributed by atoms with Gasteiger partial charge in [0.25, 0.3) is 5.91 Å². The standard InChI is InChI=1S/C9H8N2O2.K.H/c1-13-8-4-2-7(3-5-8)9(12)11-6-10;;/h2-5H,1H3,(H,11,12);;. The predicted octanol–water partition coefficient (Wildman–Crippen LogP) is 0.258. The topological polar surface area (TPSA) is 62.1 Å². The van der Waals surface area contributed by atoms with Gasteiger partial charge in [-0.25, -0.2) is 0 Å². The van der Waals surface area contributed by atoms with Gasteiger partial charge in [0.2, 0.25) is 0 Å². The van der Waals surface area contributed by atoms with Crippen molar-refractivity contribution in [3.05, 3.63) is 29.8 Å². The van der Waals surface area contributed by atoms with E-state index in [9.17, 15) is 4.79 Å². The summed E-state index contributed by atoms with van der Waals surface area (Å²) in [4.78, 5) is 11.1. The number of ether oxygens (including phenoxy) is 1. The molecule has 1 amide bonds. The first kappa shape index (κ1) is 13.6. The van der Waals surface area contributed by atoms with Crippen LogP contribution in [0.2, 0.25) is 0 Å². The molecule has 4 nitrogen and oxygen atoms in total. The monoisotopic (exact) mass is 216 g/mol. The summed E-state index contributed by atoms with van der Waals surface area (Å²) in [5.41, 5.74) is 0.433. The van der Waals surface area contributed by atoms with E-state index in [0.29, 0.717) is 11.3 Å². The van der Waals surface area contributed by atoms with Crippen LogP contribution in [0.1, 0.15) is 10.4 Å². The van der Waals surface area contributed by atoms with Crippen LogP contribution in [-0.2, 0) is 0 Å². The van der Waals surface area contributed by atoms with Gasteiger partial charge in [-0.2, -0.15) is 5.26 Å². The van der Waals surface area contributed by atoms with Crippen molar-refractivity contribution in [2.24, 2.45) is 0 Å². The molecule has 0 spiro atoms. The molecule has 5 heteroatoms. The molecule has 0 radical (unpaired) electrons. The molecule has 1 rings (SSSR count). The number of amides is 1. The molecule has 14 heavy (non-hydrogen) atoms. The van der Waals surface area contributed by atoms with Gasteiger partial charge < -0.3 is 4.74 Å². The predicted molar refractivity (Wildman–Crippen MR) is 53.2 cm³/mol. The van der Waals surface area contributed by atoms with Gasteiger partial charge in [0.1, 0.15) is 5.75 Å². The van der Waals surface area contributed by atoms with Gasteiger partial charge in [0, 0.05) is 5.56 Å². The Morgan fingerprint density at radius 1 is 1.43 bits per heavy atom. The molecule has 0 aliphatic heterocycles. The van der Waals surface area contributed by atoms with Crippen molar-refractivity contribution < 1.29 is 9.53 Å².